The average Bonchev–Trinajstić information content (AvgIpc) is 3.71. The minimum Gasteiger partial charge on any atom is -0.455 e. The van der Waals surface area contributed by atoms with E-state index in [0.29, 0.717) is 0 Å². The topological polar surface area (TPSA) is 54.1 Å². The Bertz CT molecular complexity index is 1480. The van der Waals surface area contributed by atoms with Gasteiger partial charge in [-0.05, 0) is 95.1 Å². The second kappa shape index (κ2) is 11.4. The van der Waals surface area contributed by atoms with Crippen LogP contribution in [0.1, 0.15) is 0 Å². The normalized spacial score (nSPS) is 11.5. The van der Waals surface area contributed by atoms with Crippen LogP contribution in [-0.4, -0.2) is 18.6 Å². The van der Waals surface area contributed by atoms with Gasteiger partial charge in [0.1, 0.15) is 11.5 Å². The molecule has 0 aliphatic heterocycles. The van der Waals surface area contributed by atoms with Crippen molar-refractivity contribution in [3.05, 3.63) is 135 Å². The Labute approximate surface area is 224 Å². The third-order valence-corrected chi connectivity index (χ3v) is 7.65. The summed E-state index contributed by atoms with van der Waals surface area (Å²) in [5.74, 6) is 1.58. The molecule has 0 aliphatic carbocycles. The molecule has 0 amide bonds. The summed E-state index contributed by atoms with van der Waals surface area (Å²) in [5.41, 5.74) is 6.24. The molecule has 0 saturated heterocycles. The van der Waals surface area contributed by atoms with E-state index >= 15 is 0 Å². The first kappa shape index (κ1) is 24.1. The molecule has 6 rings (SSSR count). The molecule has 0 fully saturated rings. The molecule has 0 N–H and O–H groups in total. The van der Waals surface area contributed by atoms with Crippen molar-refractivity contribution in [3.8, 4) is 44.9 Å². The molecular weight excluding hydrogens is 510 g/mol. The van der Waals surface area contributed by atoms with E-state index in [0.717, 1.165) is 44.9 Å². The molecule has 2 unspecified atom stereocenters. The van der Waals surface area contributed by atoms with E-state index in [1.807, 2.05) is 119 Å². The number of hydrogen-bond donors (Lipinski definition) is 0. The predicted molar refractivity (Wildman–Crippen MR) is 156 cm³/mol. The van der Waals surface area contributed by atoms with Gasteiger partial charge in [-0.3, -0.25) is 9.97 Å². The fourth-order valence-corrected chi connectivity index (χ4v) is 5.45. The highest BCUT2D eigenvalue weighted by atomic mass is 31.1. The molecule has 0 saturated carbocycles. The fourth-order valence-electron chi connectivity index (χ4n) is 4.10. The third-order valence-electron chi connectivity index (χ3n) is 6.01. The highest BCUT2D eigenvalue weighted by molar-refractivity contribution is 7.31. The lowest BCUT2D eigenvalue weighted by Gasteiger charge is -2.18. The molecule has 4 aromatic heterocycles. The summed E-state index contributed by atoms with van der Waals surface area (Å²) < 4.78 is 16.8. The van der Waals surface area contributed by atoms with Crippen molar-refractivity contribution < 1.29 is 9.05 Å². The van der Waals surface area contributed by atoms with E-state index in [2.05, 4.69) is 34.2 Å². The van der Waals surface area contributed by atoms with Crippen molar-refractivity contribution in [1.29, 1.82) is 0 Å². The van der Waals surface area contributed by atoms with E-state index in [1.54, 1.807) is 0 Å². The number of hydrogen-bond acceptors (Lipinski definition) is 4. The van der Waals surface area contributed by atoms with Gasteiger partial charge < -0.3 is 17.7 Å². The van der Waals surface area contributed by atoms with Crippen molar-refractivity contribution in [2.24, 2.45) is 0 Å². The second-order valence-electron chi connectivity index (χ2n) is 8.46. The van der Waals surface area contributed by atoms with Crippen LogP contribution in [0.15, 0.2) is 135 Å². The van der Waals surface area contributed by atoms with Gasteiger partial charge in [0.05, 0.1) is 0 Å². The molecule has 6 nitrogen and oxygen atoms in total. The molecule has 38 heavy (non-hydrogen) atoms. The van der Waals surface area contributed by atoms with Crippen LogP contribution < -0.4 is 9.05 Å². The highest BCUT2D eigenvalue weighted by Crippen LogP contribution is 2.44. The van der Waals surface area contributed by atoms with Crippen LogP contribution in [-0.2, 0) is 0 Å². The van der Waals surface area contributed by atoms with Crippen LogP contribution in [0.25, 0.3) is 33.4 Å². The van der Waals surface area contributed by atoms with E-state index < -0.39 is 0 Å². The monoisotopic (exact) mass is 534 g/mol. The number of aromatic nitrogens is 4. The van der Waals surface area contributed by atoms with Crippen LogP contribution in [0.3, 0.4) is 0 Å². The van der Waals surface area contributed by atoms with E-state index in [4.69, 9.17) is 9.05 Å². The molecule has 186 valence electrons. The summed E-state index contributed by atoms with van der Waals surface area (Å²) in [5, 5.41) is 0. The number of rotatable bonds is 9. The highest BCUT2D eigenvalue weighted by Gasteiger charge is 2.16. The first-order valence-electron chi connectivity index (χ1n) is 12.0. The van der Waals surface area contributed by atoms with Crippen molar-refractivity contribution in [2.75, 3.05) is 0 Å². The molecule has 0 aliphatic rings. The standard InChI is InChI=1S/C30H24N4O2P2/c1-2-18-33(17-1)37-35-29-7-5-25(23-9-13-31-14-10-23)21-27(29)28-22-26(24-11-15-32-16-12-24)6-8-30(28)36-38-34-19-3-4-20-34/h1-22,37-38H. The largest absolute Gasteiger partial charge is 0.455 e. The summed E-state index contributed by atoms with van der Waals surface area (Å²) in [7, 11) is 0.231. The van der Waals surface area contributed by atoms with Gasteiger partial charge in [0, 0.05) is 60.7 Å². The van der Waals surface area contributed by atoms with Gasteiger partial charge in [0.25, 0.3) is 0 Å². The Morgan fingerprint density at radius 1 is 0.474 bits per heavy atom. The van der Waals surface area contributed by atoms with Gasteiger partial charge in [0.15, 0.2) is 17.9 Å². The van der Waals surface area contributed by atoms with Gasteiger partial charge in [-0.15, -0.1) is 0 Å². The maximum absolute atomic E-state index is 6.39. The zero-order valence-electron chi connectivity index (χ0n) is 20.3. The Balaban J connectivity index is 1.47. The minimum absolute atomic E-state index is 0.116. The van der Waals surface area contributed by atoms with Gasteiger partial charge in [-0.2, -0.15) is 0 Å². The smallest absolute Gasteiger partial charge is 0.181 e. The zero-order valence-corrected chi connectivity index (χ0v) is 22.3. The van der Waals surface area contributed by atoms with Gasteiger partial charge in [0.2, 0.25) is 0 Å². The number of nitrogens with zero attached hydrogens (tertiary/aromatic N) is 4. The Hall–Kier alpha value is -4.24. The van der Waals surface area contributed by atoms with Gasteiger partial charge in [-0.1, -0.05) is 12.1 Å². The maximum atomic E-state index is 6.39. The molecule has 4 heterocycles. The lowest BCUT2D eigenvalue weighted by molar-refractivity contribution is 0.616. The number of pyridine rings is 2. The van der Waals surface area contributed by atoms with Gasteiger partial charge in [-0.25, -0.2) is 0 Å². The first-order valence-corrected chi connectivity index (χ1v) is 13.8. The molecule has 2 atom stereocenters. The summed E-state index contributed by atoms with van der Waals surface area (Å²) in [6, 6.07) is 28.6. The Morgan fingerprint density at radius 3 is 1.26 bits per heavy atom. The van der Waals surface area contributed by atoms with Crippen molar-refractivity contribution in [2.45, 2.75) is 0 Å². The SMILES string of the molecule is c1ccn(POc2ccc(-c3ccncc3)cc2-c2cc(-c3ccncc3)ccc2OPn2cccc2)c1. The van der Waals surface area contributed by atoms with Crippen molar-refractivity contribution in [1.82, 2.24) is 18.6 Å². The molecule has 2 aromatic carbocycles. The van der Waals surface area contributed by atoms with E-state index in [1.165, 1.54) is 0 Å². The van der Waals surface area contributed by atoms with E-state index in [-0.39, 0.29) is 17.9 Å². The Kier molecular flexibility index (Phi) is 7.26. The van der Waals surface area contributed by atoms with Crippen LogP contribution in [0.2, 0.25) is 0 Å². The molecule has 0 spiro atoms. The number of benzene rings is 2. The van der Waals surface area contributed by atoms with Gasteiger partial charge >= 0.3 is 0 Å². The summed E-state index contributed by atoms with van der Waals surface area (Å²) in [6.45, 7) is 0. The fraction of sp³-hybridized carbons (Fsp3) is 0. The van der Waals surface area contributed by atoms with Crippen LogP contribution in [0, 0.1) is 0 Å². The molecular formula is C30H24N4O2P2. The molecule has 6 aromatic rings. The minimum atomic E-state index is 0.116. The zero-order chi connectivity index (χ0) is 25.6. The van der Waals surface area contributed by atoms with E-state index in [9.17, 15) is 0 Å². The first-order chi connectivity index (χ1) is 18.8. The van der Waals surface area contributed by atoms with Crippen LogP contribution in [0.4, 0.5) is 0 Å². The maximum Gasteiger partial charge on any atom is 0.181 e. The second-order valence-corrected chi connectivity index (χ2v) is 10.3. The predicted octanol–water partition coefficient (Wildman–Crippen LogP) is 7.95. The van der Waals surface area contributed by atoms with Crippen LogP contribution in [0.5, 0.6) is 11.5 Å². The molecule has 0 bridgehead atoms. The average molecular weight is 534 g/mol. The quantitative estimate of drug-likeness (QED) is 0.177. The molecule has 8 heteroatoms. The van der Waals surface area contributed by atoms with Crippen LogP contribution >= 0.6 is 17.9 Å². The lowest BCUT2D eigenvalue weighted by Crippen LogP contribution is -1.94. The Morgan fingerprint density at radius 2 is 0.868 bits per heavy atom. The summed E-state index contributed by atoms with van der Waals surface area (Å²) >= 11 is 0. The third kappa shape index (κ3) is 5.52. The summed E-state index contributed by atoms with van der Waals surface area (Å²) in [6.07, 6.45) is 15.2. The molecule has 0 radical (unpaired) electrons. The van der Waals surface area contributed by atoms with Crippen molar-refractivity contribution >= 4 is 17.9 Å². The lowest BCUT2D eigenvalue weighted by atomic mass is 9.95. The van der Waals surface area contributed by atoms with Crippen molar-refractivity contribution in [3.63, 3.8) is 0 Å². The summed E-state index contributed by atoms with van der Waals surface area (Å²) in [4.78, 5) is 8.36.